The Morgan fingerprint density at radius 3 is 2.57 bits per heavy atom. The van der Waals surface area contributed by atoms with E-state index in [0.717, 1.165) is 30.0 Å². The smallest absolute Gasteiger partial charge is 0.411 e. The Balaban J connectivity index is 2.03. The molecule has 6 nitrogen and oxygen atoms in total. The first-order chi connectivity index (χ1) is 10.1. The van der Waals surface area contributed by atoms with Gasteiger partial charge in [0.05, 0.1) is 31.3 Å². The zero-order chi connectivity index (χ0) is 15.2. The molecule has 0 atom stereocenters. The summed E-state index contributed by atoms with van der Waals surface area (Å²) >= 11 is 0. The number of carbonyl (C=O) groups excluding carboxylic acids is 1. The SMILES string of the molecule is COC(=O)Nc1c(CCc2ccc(OC)cc2)n[nH]c1C. The summed E-state index contributed by atoms with van der Waals surface area (Å²) in [6, 6.07) is 7.90. The van der Waals surface area contributed by atoms with Crippen LogP contribution < -0.4 is 10.1 Å². The lowest BCUT2D eigenvalue weighted by atomic mass is 10.1. The Hall–Kier alpha value is -2.50. The zero-order valence-electron chi connectivity index (χ0n) is 12.4. The number of rotatable bonds is 5. The fourth-order valence-corrected chi connectivity index (χ4v) is 2.03. The number of benzene rings is 1. The minimum atomic E-state index is -0.495. The third-order valence-corrected chi connectivity index (χ3v) is 3.24. The summed E-state index contributed by atoms with van der Waals surface area (Å²) in [5, 5.41) is 9.80. The molecule has 21 heavy (non-hydrogen) atoms. The van der Waals surface area contributed by atoms with Crippen molar-refractivity contribution >= 4 is 11.8 Å². The van der Waals surface area contributed by atoms with Crippen LogP contribution in [0.15, 0.2) is 24.3 Å². The number of hydrogen-bond acceptors (Lipinski definition) is 4. The van der Waals surface area contributed by atoms with Gasteiger partial charge in [-0.15, -0.1) is 0 Å². The molecule has 2 rings (SSSR count). The highest BCUT2D eigenvalue weighted by Gasteiger charge is 2.13. The Bertz CT molecular complexity index is 605. The van der Waals surface area contributed by atoms with Crippen LogP contribution in [0.5, 0.6) is 5.75 Å². The fraction of sp³-hybridized carbons (Fsp3) is 0.333. The number of aryl methyl sites for hydroxylation is 3. The van der Waals surface area contributed by atoms with Gasteiger partial charge in [0.25, 0.3) is 0 Å². The number of ether oxygens (including phenoxy) is 2. The van der Waals surface area contributed by atoms with Gasteiger partial charge in [-0.25, -0.2) is 4.79 Å². The Labute approximate surface area is 123 Å². The minimum Gasteiger partial charge on any atom is -0.497 e. The van der Waals surface area contributed by atoms with Gasteiger partial charge in [-0.1, -0.05) is 12.1 Å². The molecule has 0 fully saturated rings. The molecule has 2 N–H and O–H groups in total. The van der Waals surface area contributed by atoms with Crippen LogP contribution in [-0.4, -0.2) is 30.5 Å². The Kier molecular flexibility index (Phi) is 4.81. The molecule has 0 bridgehead atoms. The maximum absolute atomic E-state index is 11.3. The second-order valence-electron chi connectivity index (χ2n) is 4.63. The molecule has 0 aliphatic heterocycles. The van der Waals surface area contributed by atoms with E-state index in [9.17, 15) is 4.79 Å². The molecule has 1 aromatic carbocycles. The molecular formula is C15H19N3O3. The van der Waals surface area contributed by atoms with Gasteiger partial charge in [0.2, 0.25) is 0 Å². The zero-order valence-corrected chi connectivity index (χ0v) is 12.4. The standard InChI is InChI=1S/C15H19N3O3/c1-10-14(16-15(19)21-3)13(18-17-10)9-6-11-4-7-12(20-2)8-5-11/h4-5,7-8H,6,9H2,1-3H3,(H,16,19)(H,17,18). The van der Waals surface area contributed by atoms with Crippen molar-refractivity contribution in [3.63, 3.8) is 0 Å². The van der Waals surface area contributed by atoms with Crippen LogP contribution in [-0.2, 0) is 17.6 Å². The molecule has 0 unspecified atom stereocenters. The summed E-state index contributed by atoms with van der Waals surface area (Å²) in [5.41, 5.74) is 3.50. The number of methoxy groups -OCH3 is 2. The molecule has 1 amide bonds. The highest BCUT2D eigenvalue weighted by atomic mass is 16.5. The van der Waals surface area contributed by atoms with Crippen LogP contribution in [0, 0.1) is 6.92 Å². The van der Waals surface area contributed by atoms with E-state index in [0.29, 0.717) is 5.69 Å². The second kappa shape index (κ2) is 6.78. The van der Waals surface area contributed by atoms with E-state index in [-0.39, 0.29) is 0 Å². The summed E-state index contributed by atoms with van der Waals surface area (Å²) in [6.45, 7) is 1.86. The minimum absolute atomic E-state index is 0.495. The van der Waals surface area contributed by atoms with Gasteiger partial charge in [0.15, 0.2) is 0 Å². The normalized spacial score (nSPS) is 10.2. The molecule has 0 saturated heterocycles. The first-order valence-electron chi connectivity index (χ1n) is 6.65. The van der Waals surface area contributed by atoms with E-state index < -0.39 is 6.09 Å². The van der Waals surface area contributed by atoms with Crippen molar-refractivity contribution in [2.75, 3.05) is 19.5 Å². The predicted octanol–water partition coefficient (Wildman–Crippen LogP) is 2.69. The molecule has 112 valence electrons. The van der Waals surface area contributed by atoms with Crippen molar-refractivity contribution in [3.8, 4) is 5.75 Å². The van der Waals surface area contributed by atoms with Gasteiger partial charge in [0.1, 0.15) is 5.75 Å². The van der Waals surface area contributed by atoms with Gasteiger partial charge in [-0.2, -0.15) is 5.10 Å². The van der Waals surface area contributed by atoms with E-state index in [2.05, 4.69) is 20.3 Å². The van der Waals surface area contributed by atoms with Gasteiger partial charge in [0, 0.05) is 0 Å². The topological polar surface area (TPSA) is 76.2 Å². The van der Waals surface area contributed by atoms with Crippen LogP contribution in [0.2, 0.25) is 0 Å². The van der Waals surface area contributed by atoms with Gasteiger partial charge >= 0.3 is 6.09 Å². The third-order valence-electron chi connectivity index (χ3n) is 3.24. The molecule has 0 radical (unpaired) electrons. The molecular weight excluding hydrogens is 270 g/mol. The molecule has 1 heterocycles. The quantitative estimate of drug-likeness (QED) is 0.887. The lowest BCUT2D eigenvalue weighted by Crippen LogP contribution is -2.12. The van der Waals surface area contributed by atoms with Crippen molar-refractivity contribution < 1.29 is 14.3 Å². The summed E-state index contributed by atoms with van der Waals surface area (Å²) < 4.78 is 9.75. The van der Waals surface area contributed by atoms with Crippen molar-refractivity contribution in [3.05, 3.63) is 41.2 Å². The number of H-pyrrole nitrogens is 1. The second-order valence-corrected chi connectivity index (χ2v) is 4.63. The van der Waals surface area contributed by atoms with Gasteiger partial charge in [-0.05, 0) is 37.5 Å². The highest BCUT2D eigenvalue weighted by molar-refractivity contribution is 5.86. The first-order valence-corrected chi connectivity index (χ1v) is 6.65. The third kappa shape index (κ3) is 3.75. The monoisotopic (exact) mass is 289 g/mol. The molecule has 2 aromatic rings. The van der Waals surface area contributed by atoms with Crippen LogP contribution >= 0.6 is 0 Å². The summed E-state index contributed by atoms with van der Waals surface area (Å²) in [7, 11) is 2.98. The number of aromatic nitrogens is 2. The Morgan fingerprint density at radius 2 is 1.95 bits per heavy atom. The van der Waals surface area contributed by atoms with Crippen LogP contribution in [0.4, 0.5) is 10.5 Å². The number of hydrogen-bond donors (Lipinski definition) is 2. The van der Waals surface area contributed by atoms with Crippen LogP contribution in [0.25, 0.3) is 0 Å². The maximum Gasteiger partial charge on any atom is 0.411 e. The van der Waals surface area contributed by atoms with Crippen LogP contribution in [0.3, 0.4) is 0 Å². The van der Waals surface area contributed by atoms with E-state index in [4.69, 9.17) is 4.74 Å². The highest BCUT2D eigenvalue weighted by Crippen LogP contribution is 2.20. The molecule has 0 aliphatic rings. The Morgan fingerprint density at radius 1 is 1.24 bits per heavy atom. The van der Waals surface area contributed by atoms with E-state index >= 15 is 0 Å². The fourth-order valence-electron chi connectivity index (χ4n) is 2.03. The first kappa shape index (κ1) is 14.9. The average molecular weight is 289 g/mol. The predicted molar refractivity (Wildman–Crippen MR) is 79.8 cm³/mol. The number of anilines is 1. The average Bonchev–Trinajstić information content (AvgIpc) is 2.86. The van der Waals surface area contributed by atoms with E-state index in [1.165, 1.54) is 12.7 Å². The summed E-state index contributed by atoms with van der Waals surface area (Å²) in [4.78, 5) is 11.3. The lowest BCUT2D eigenvalue weighted by molar-refractivity contribution is 0.187. The number of nitrogens with one attached hydrogen (secondary N) is 2. The lowest BCUT2D eigenvalue weighted by Gasteiger charge is -2.06. The van der Waals surface area contributed by atoms with E-state index in [1.807, 2.05) is 31.2 Å². The van der Waals surface area contributed by atoms with Crippen molar-refractivity contribution in [1.82, 2.24) is 10.2 Å². The van der Waals surface area contributed by atoms with Crippen molar-refractivity contribution in [2.45, 2.75) is 19.8 Å². The largest absolute Gasteiger partial charge is 0.497 e. The molecule has 6 heteroatoms. The van der Waals surface area contributed by atoms with E-state index in [1.54, 1.807) is 7.11 Å². The number of amides is 1. The van der Waals surface area contributed by atoms with Gasteiger partial charge < -0.3 is 9.47 Å². The molecule has 0 spiro atoms. The van der Waals surface area contributed by atoms with Crippen molar-refractivity contribution in [1.29, 1.82) is 0 Å². The van der Waals surface area contributed by atoms with Crippen LogP contribution in [0.1, 0.15) is 17.0 Å². The molecule has 1 aromatic heterocycles. The number of nitrogens with zero attached hydrogens (tertiary/aromatic N) is 1. The number of carbonyl (C=O) groups is 1. The maximum atomic E-state index is 11.3. The van der Waals surface area contributed by atoms with Crippen molar-refractivity contribution in [2.24, 2.45) is 0 Å². The summed E-state index contributed by atoms with van der Waals surface area (Å²) in [5.74, 6) is 0.836. The summed E-state index contributed by atoms with van der Waals surface area (Å²) in [6.07, 6.45) is 1.05. The molecule has 0 saturated carbocycles. The molecule has 0 aliphatic carbocycles. The number of aromatic amines is 1. The van der Waals surface area contributed by atoms with Gasteiger partial charge in [-0.3, -0.25) is 10.4 Å².